The molecule has 19 heavy (non-hydrogen) atoms. The highest BCUT2D eigenvalue weighted by Gasteiger charge is 2.28. The summed E-state index contributed by atoms with van der Waals surface area (Å²) >= 11 is 6.12. The van der Waals surface area contributed by atoms with Crippen molar-refractivity contribution in [2.75, 3.05) is 5.32 Å². The lowest BCUT2D eigenvalue weighted by molar-refractivity contribution is 0.628. The summed E-state index contributed by atoms with van der Waals surface area (Å²) in [5, 5.41) is 3.56. The van der Waals surface area contributed by atoms with Gasteiger partial charge in [0.05, 0.1) is 0 Å². The van der Waals surface area contributed by atoms with Gasteiger partial charge in [-0.3, -0.25) is 0 Å². The first kappa shape index (κ1) is 12.4. The van der Waals surface area contributed by atoms with Crippen molar-refractivity contribution in [1.82, 2.24) is 9.97 Å². The van der Waals surface area contributed by atoms with E-state index < -0.39 is 0 Å². The smallest absolute Gasteiger partial charge is 0.138 e. The molecule has 1 aromatic carbocycles. The SMILES string of the molecule is Cc1c(Cl)nc(C2CC2)nc1Nc1cccc(F)c1. The molecule has 1 heterocycles. The lowest BCUT2D eigenvalue weighted by Crippen LogP contribution is -2.03. The molecule has 0 spiro atoms. The highest BCUT2D eigenvalue weighted by atomic mass is 35.5. The summed E-state index contributed by atoms with van der Waals surface area (Å²) in [5.74, 6) is 1.55. The van der Waals surface area contributed by atoms with Crippen LogP contribution in [0.15, 0.2) is 24.3 Å². The average Bonchev–Trinajstić information content (AvgIpc) is 3.19. The Kier molecular flexibility index (Phi) is 3.11. The molecule has 1 aromatic heterocycles. The second-order valence-corrected chi connectivity index (χ2v) is 5.11. The molecule has 0 bridgehead atoms. The van der Waals surface area contributed by atoms with Crippen molar-refractivity contribution in [2.45, 2.75) is 25.7 Å². The molecule has 0 saturated heterocycles. The first-order valence-corrected chi connectivity index (χ1v) is 6.58. The Labute approximate surface area is 115 Å². The topological polar surface area (TPSA) is 37.8 Å². The lowest BCUT2D eigenvalue weighted by atomic mass is 10.2. The van der Waals surface area contributed by atoms with Crippen LogP contribution in [0.2, 0.25) is 5.15 Å². The van der Waals surface area contributed by atoms with Gasteiger partial charge in [-0.25, -0.2) is 14.4 Å². The maximum absolute atomic E-state index is 13.2. The van der Waals surface area contributed by atoms with Crippen molar-refractivity contribution in [3.05, 3.63) is 46.6 Å². The lowest BCUT2D eigenvalue weighted by Gasteiger charge is -2.11. The Morgan fingerprint density at radius 2 is 2.11 bits per heavy atom. The summed E-state index contributed by atoms with van der Waals surface area (Å²) < 4.78 is 13.2. The first-order chi connectivity index (χ1) is 9.13. The van der Waals surface area contributed by atoms with Gasteiger partial charge in [0.2, 0.25) is 0 Å². The van der Waals surface area contributed by atoms with Crippen LogP contribution >= 0.6 is 11.6 Å². The van der Waals surface area contributed by atoms with Gasteiger partial charge in [0.25, 0.3) is 0 Å². The normalized spacial score (nSPS) is 14.5. The summed E-state index contributed by atoms with van der Waals surface area (Å²) in [6.45, 7) is 1.85. The summed E-state index contributed by atoms with van der Waals surface area (Å²) in [6.07, 6.45) is 2.22. The molecule has 5 heteroatoms. The number of nitrogens with one attached hydrogen (secondary N) is 1. The van der Waals surface area contributed by atoms with E-state index in [2.05, 4.69) is 15.3 Å². The quantitative estimate of drug-likeness (QED) is 0.855. The molecule has 0 radical (unpaired) electrons. The van der Waals surface area contributed by atoms with Crippen molar-refractivity contribution in [3.63, 3.8) is 0 Å². The fraction of sp³-hybridized carbons (Fsp3) is 0.286. The number of hydrogen-bond donors (Lipinski definition) is 1. The fourth-order valence-electron chi connectivity index (χ4n) is 1.85. The summed E-state index contributed by atoms with van der Waals surface area (Å²) in [4.78, 5) is 8.79. The largest absolute Gasteiger partial charge is 0.340 e. The van der Waals surface area contributed by atoms with Crippen LogP contribution in [-0.4, -0.2) is 9.97 Å². The molecule has 2 aromatic rings. The summed E-state index contributed by atoms with van der Waals surface area (Å²) in [7, 11) is 0. The Morgan fingerprint density at radius 3 is 2.79 bits per heavy atom. The van der Waals surface area contributed by atoms with Crippen LogP contribution in [0.25, 0.3) is 0 Å². The van der Waals surface area contributed by atoms with Crippen LogP contribution in [0.4, 0.5) is 15.9 Å². The van der Waals surface area contributed by atoms with E-state index in [1.807, 2.05) is 6.92 Å². The Bertz CT molecular complexity index is 626. The van der Waals surface area contributed by atoms with Crippen LogP contribution in [0, 0.1) is 12.7 Å². The first-order valence-electron chi connectivity index (χ1n) is 6.20. The van der Waals surface area contributed by atoms with Crippen molar-refractivity contribution in [1.29, 1.82) is 0 Å². The number of nitrogens with zero attached hydrogens (tertiary/aromatic N) is 2. The predicted octanol–water partition coefficient (Wildman–Crippen LogP) is 4.20. The van der Waals surface area contributed by atoms with Gasteiger partial charge in [0.15, 0.2) is 0 Å². The second-order valence-electron chi connectivity index (χ2n) is 4.76. The molecule has 0 amide bonds. The standard InChI is InChI=1S/C14H13ClFN3/c1-8-12(15)18-14(9-5-6-9)19-13(8)17-11-4-2-3-10(16)7-11/h2-4,7,9H,5-6H2,1H3,(H,17,18,19). The van der Waals surface area contributed by atoms with E-state index in [9.17, 15) is 4.39 Å². The monoisotopic (exact) mass is 277 g/mol. The van der Waals surface area contributed by atoms with Gasteiger partial charge in [-0.05, 0) is 38.0 Å². The molecule has 1 aliphatic carbocycles. The molecule has 0 atom stereocenters. The van der Waals surface area contributed by atoms with Gasteiger partial charge in [-0.2, -0.15) is 0 Å². The molecular formula is C14H13ClFN3. The zero-order chi connectivity index (χ0) is 13.4. The highest BCUT2D eigenvalue weighted by molar-refractivity contribution is 6.30. The molecule has 3 rings (SSSR count). The average molecular weight is 278 g/mol. The minimum Gasteiger partial charge on any atom is -0.340 e. The van der Waals surface area contributed by atoms with E-state index in [0.29, 0.717) is 22.6 Å². The van der Waals surface area contributed by atoms with Crippen molar-refractivity contribution < 1.29 is 4.39 Å². The van der Waals surface area contributed by atoms with Crippen LogP contribution < -0.4 is 5.32 Å². The van der Waals surface area contributed by atoms with E-state index in [4.69, 9.17) is 11.6 Å². The molecule has 1 saturated carbocycles. The Balaban J connectivity index is 1.95. The molecule has 98 valence electrons. The van der Waals surface area contributed by atoms with Crippen molar-refractivity contribution in [3.8, 4) is 0 Å². The van der Waals surface area contributed by atoms with Crippen molar-refractivity contribution >= 4 is 23.1 Å². The Morgan fingerprint density at radius 1 is 1.32 bits per heavy atom. The van der Waals surface area contributed by atoms with Gasteiger partial charge in [0.1, 0.15) is 22.6 Å². The number of rotatable bonds is 3. The molecule has 1 N–H and O–H groups in total. The van der Waals surface area contributed by atoms with Crippen LogP contribution in [-0.2, 0) is 0 Å². The maximum Gasteiger partial charge on any atom is 0.138 e. The zero-order valence-electron chi connectivity index (χ0n) is 10.5. The molecule has 0 aliphatic heterocycles. The maximum atomic E-state index is 13.2. The van der Waals surface area contributed by atoms with Gasteiger partial charge >= 0.3 is 0 Å². The fourth-order valence-corrected chi connectivity index (χ4v) is 2.03. The van der Waals surface area contributed by atoms with Gasteiger partial charge in [-0.15, -0.1) is 0 Å². The number of aromatic nitrogens is 2. The number of hydrogen-bond acceptors (Lipinski definition) is 3. The van der Waals surface area contributed by atoms with Crippen LogP contribution in [0.5, 0.6) is 0 Å². The molecule has 3 nitrogen and oxygen atoms in total. The van der Waals surface area contributed by atoms with Crippen molar-refractivity contribution in [2.24, 2.45) is 0 Å². The number of benzene rings is 1. The zero-order valence-corrected chi connectivity index (χ0v) is 11.2. The van der Waals surface area contributed by atoms with E-state index in [1.165, 1.54) is 12.1 Å². The molecule has 1 fully saturated rings. The van der Waals surface area contributed by atoms with E-state index in [0.717, 1.165) is 24.2 Å². The van der Waals surface area contributed by atoms with Crippen LogP contribution in [0.3, 0.4) is 0 Å². The molecule has 0 unspecified atom stereocenters. The minimum atomic E-state index is -0.287. The summed E-state index contributed by atoms with van der Waals surface area (Å²) in [5.41, 5.74) is 1.43. The van der Waals surface area contributed by atoms with Gasteiger partial charge in [0, 0.05) is 17.2 Å². The third kappa shape index (κ3) is 2.68. The van der Waals surface area contributed by atoms with Gasteiger partial charge in [-0.1, -0.05) is 17.7 Å². The van der Waals surface area contributed by atoms with Crippen LogP contribution in [0.1, 0.15) is 30.1 Å². The molecular weight excluding hydrogens is 265 g/mol. The third-order valence-corrected chi connectivity index (χ3v) is 3.50. The highest BCUT2D eigenvalue weighted by Crippen LogP contribution is 2.39. The predicted molar refractivity (Wildman–Crippen MR) is 73.4 cm³/mol. The van der Waals surface area contributed by atoms with E-state index >= 15 is 0 Å². The second kappa shape index (κ2) is 4.78. The summed E-state index contributed by atoms with van der Waals surface area (Å²) in [6, 6.07) is 6.26. The van der Waals surface area contributed by atoms with E-state index in [-0.39, 0.29) is 5.82 Å². The molecule has 1 aliphatic rings. The number of anilines is 2. The minimum absolute atomic E-state index is 0.287. The van der Waals surface area contributed by atoms with E-state index in [1.54, 1.807) is 12.1 Å². The number of halogens is 2. The Hall–Kier alpha value is -1.68. The third-order valence-electron chi connectivity index (χ3n) is 3.13. The van der Waals surface area contributed by atoms with Gasteiger partial charge < -0.3 is 5.32 Å².